The highest BCUT2D eigenvalue weighted by molar-refractivity contribution is 6.30. The molecule has 0 saturated carbocycles. The van der Waals surface area contributed by atoms with Crippen LogP contribution in [-0.4, -0.2) is 22.0 Å². The fourth-order valence-electron chi connectivity index (χ4n) is 2.40. The van der Waals surface area contributed by atoms with Crippen molar-refractivity contribution in [3.8, 4) is 11.3 Å². The van der Waals surface area contributed by atoms with Gasteiger partial charge in [0.15, 0.2) is 0 Å². The highest BCUT2D eigenvalue weighted by Gasteiger charge is 2.17. The van der Waals surface area contributed by atoms with Gasteiger partial charge in [0, 0.05) is 16.8 Å². The summed E-state index contributed by atoms with van der Waals surface area (Å²) in [6, 6.07) is 13.2. The average molecular weight is 315 g/mol. The van der Waals surface area contributed by atoms with Crippen LogP contribution in [0.3, 0.4) is 0 Å². The van der Waals surface area contributed by atoms with Crippen molar-refractivity contribution in [1.29, 1.82) is 0 Å². The Morgan fingerprint density at radius 1 is 1.23 bits per heavy atom. The van der Waals surface area contributed by atoms with E-state index in [2.05, 4.69) is 4.98 Å². The molecule has 4 nitrogen and oxygen atoms in total. The van der Waals surface area contributed by atoms with Crippen LogP contribution in [0.4, 0.5) is 0 Å². The van der Waals surface area contributed by atoms with Gasteiger partial charge in [-0.2, -0.15) is 0 Å². The van der Waals surface area contributed by atoms with Crippen LogP contribution in [0.15, 0.2) is 48.7 Å². The van der Waals surface area contributed by atoms with Gasteiger partial charge in [-0.15, -0.1) is 0 Å². The lowest BCUT2D eigenvalue weighted by molar-refractivity contribution is -0.142. The number of ether oxygens (including phenoxy) is 1. The summed E-state index contributed by atoms with van der Waals surface area (Å²) in [7, 11) is 0. The van der Waals surface area contributed by atoms with Gasteiger partial charge in [-0.3, -0.25) is 4.79 Å². The molecule has 0 aliphatic carbocycles. The molecule has 0 bridgehead atoms. The molecule has 0 aliphatic rings. The standard InChI is InChI=1S/C17H15ClN2O2/c1-2-22-16(21)11-14-17(12-6-8-13(18)9-7-12)19-15-5-3-4-10-20(14)15/h3-10H,2,11H2,1H3. The van der Waals surface area contributed by atoms with E-state index in [0.717, 1.165) is 22.6 Å². The van der Waals surface area contributed by atoms with Gasteiger partial charge in [0.05, 0.1) is 24.4 Å². The molecule has 5 heteroatoms. The molecule has 3 rings (SSSR count). The number of esters is 1. The van der Waals surface area contributed by atoms with E-state index in [-0.39, 0.29) is 12.4 Å². The van der Waals surface area contributed by atoms with E-state index < -0.39 is 0 Å². The Morgan fingerprint density at radius 2 is 2.00 bits per heavy atom. The number of nitrogens with zero attached hydrogens (tertiary/aromatic N) is 2. The van der Waals surface area contributed by atoms with Crippen LogP contribution < -0.4 is 0 Å². The molecule has 2 aromatic heterocycles. The molecule has 1 aromatic carbocycles. The van der Waals surface area contributed by atoms with Gasteiger partial charge in [0.2, 0.25) is 0 Å². The summed E-state index contributed by atoms with van der Waals surface area (Å²) in [5.74, 6) is -0.261. The van der Waals surface area contributed by atoms with Crippen LogP contribution in [0.25, 0.3) is 16.9 Å². The van der Waals surface area contributed by atoms with Crippen LogP contribution in [0, 0.1) is 0 Å². The molecule has 0 unspecified atom stereocenters. The Kier molecular flexibility index (Phi) is 4.11. The van der Waals surface area contributed by atoms with E-state index in [1.807, 2.05) is 53.1 Å². The third-order valence-corrected chi connectivity index (χ3v) is 3.62. The Labute approximate surface area is 133 Å². The zero-order valence-electron chi connectivity index (χ0n) is 12.1. The number of pyridine rings is 1. The molecule has 0 aliphatic heterocycles. The van der Waals surface area contributed by atoms with Crippen LogP contribution in [0.1, 0.15) is 12.6 Å². The van der Waals surface area contributed by atoms with Crippen LogP contribution in [0.2, 0.25) is 5.02 Å². The van der Waals surface area contributed by atoms with Crippen molar-refractivity contribution in [2.45, 2.75) is 13.3 Å². The zero-order chi connectivity index (χ0) is 15.5. The van der Waals surface area contributed by atoms with Crippen LogP contribution in [0.5, 0.6) is 0 Å². The van der Waals surface area contributed by atoms with Gasteiger partial charge in [-0.05, 0) is 31.2 Å². The first kappa shape index (κ1) is 14.6. The molecular weight excluding hydrogens is 300 g/mol. The molecule has 0 saturated heterocycles. The molecule has 22 heavy (non-hydrogen) atoms. The molecule has 3 aromatic rings. The molecule has 0 amide bonds. The average Bonchev–Trinajstić information content (AvgIpc) is 2.87. The van der Waals surface area contributed by atoms with E-state index in [9.17, 15) is 4.79 Å². The highest BCUT2D eigenvalue weighted by Crippen LogP contribution is 2.26. The summed E-state index contributed by atoms with van der Waals surface area (Å²) in [5.41, 5.74) is 3.31. The van der Waals surface area contributed by atoms with Crippen molar-refractivity contribution in [1.82, 2.24) is 9.38 Å². The zero-order valence-corrected chi connectivity index (χ0v) is 12.9. The second kappa shape index (κ2) is 6.20. The maximum atomic E-state index is 11.9. The third-order valence-electron chi connectivity index (χ3n) is 3.36. The van der Waals surface area contributed by atoms with E-state index in [1.54, 1.807) is 6.92 Å². The molecule has 0 radical (unpaired) electrons. The van der Waals surface area contributed by atoms with Crippen molar-refractivity contribution in [3.05, 3.63) is 59.4 Å². The number of imidazole rings is 1. The minimum Gasteiger partial charge on any atom is -0.466 e. The Morgan fingerprint density at radius 3 is 2.73 bits per heavy atom. The smallest absolute Gasteiger partial charge is 0.311 e. The number of carbonyl (C=O) groups excluding carboxylic acids is 1. The lowest BCUT2D eigenvalue weighted by Gasteiger charge is -2.05. The fraction of sp³-hybridized carbons (Fsp3) is 0.176. The molecule has 0 N–H and O–H groups in total. The van der Waals surface area contributed by atoms with Crippen molar-refractivity contribution >= 4 is 23.2 Å². The number of carbonyl (C=O) groups is 1. The summed E-state index contributed by atoms with van der Waals surface area (Å²) < 4.78 is 6.99. The molecule has 0 fully saturated rings. The maximum Gasteiger partial charge on any atom is 0.311 e. The van der Waals surface area contributed by atoms with Crippen molar-refractivity contribution in [2.24, 2.45) is 0 Å². The lowest BCUT2D eigenvalue weighted by Crippen LogP contribution is -2.10. The predicted molar refractivity (Wildman–Crippen MR) is 86.0 cm³/mol. The molecule has 112 valence electrons. The fourth-order valence-corrected chi connectivity index (χ4v) is 2.53. The Balaban J connectivity index is 2.11. The van der Waals surface area contributed by atoms with E-state index >= 15 is 0 Å². The van der Waals surface area contributed by atoms with Crippen LogP contribution >= 0.6 is 11.6 Å². The minimum absolute atomic E-state index is 0.178. The normalized spacial score (nSPS) is 10.8. The number of aromatic nitrogens is 2. The summed E-state index contributed by atoms with van der Waals surface area (Å²) in [5, 5.41) is 0.666. The Bertz CT molecular complexity index is 809. The number of hydrogen-bond donors (Lipinski definition) is 0. The number of benzene rings is 1. The van der Waals surface area contributed by atoms with Crippen molar-refractivity contribution in [2.75, 3.05) is 6.61 Å². The summed E-state index contributed by atoms with van der Waals surface area (Å²) in [6.45, 7) is 2.17. The quantitative estimate of drug-likeness (QED) is 0.689. The number of halogens is 1. The second-order valence-corrected chi connectivity index (χ2v) is 5.26. The number of hydrogen-bond acceptors (Lipinski definition) is 3. The van der Waals surface area contributed by atoms with Gasteiger partial charge < -0.3 is 9.14 Å². The first-order valence-corrected chi connectivity index (χ1v) is 7.44. The largest absolute Gasteiger partial charge is 0.466 e. The van der Waals surface area contributed by atoms with E-state index in [4.69, 9.17) is 16.3 Å². The van der Waals surface area contributed by atoms with Crippen LogP contribution in [-0.2, 0) is 16.0 Å². The topological polar surface area (TPSA) is 43.6 Å². The minimum atomic E-state index is -0.261. The SMILES string of the molecule is CCOC(=O)Cc1c(-c2ccc(Cl)cc2)nc2ccccn12. The van der Waals surface area contributed by atoms with Gasteiger partial charge in [0.1, 0.15) is 5.65 Å². The Hall–Kier alpha value is -2.33. The highest BCUT2D eigenvalue weighted by atomic mass is 35.5. The number of rotatable bonds is 4. The molecular formula is C17H15ClN2O2. The first-order chi connectivity index (χ1) is 10.7. The third kappa shape index (κ3) is 2.83. The van der Waals surface area contributed by atoms with Gasteiger partial charge >= 0.3 is 5.97 Å². The number of fused-ring (bicyclic) bond motifs is 1. The molecule has 0 spiro atoms. The monoisotopic (exact) mass is 314 g/mol. The summed E-state index contributed by atoms with van der Waals surface area (Å²) >= 11 is 5.94. The molecule has 2 heterocycles. The maximum absolute atomic E-state index is 11.9. The summed E-state index contributed by atoms with van der Waals surface area (Å²) in [6.07, 6.45) is 2.08. The van der Waals surface area contributed by atoms with Gasteiger partial charge in [0.25, 0.3) is 0 Å². The van der Waals surface area contributed by atoms with E-state index in [1.165, 1.54) is 0 Å². The summed E-state index contributed by atoms with van der Waals surface area (Å²) in [4.78, 5) is 16.5. The lowest BCUT2D eigenvalue weighted by atomic mass is 10.1. The first-order valence-electron chi connectivity index (χ1n) is 7.06. The second-order valence-electron chi connectivity index (χ2n) is 4.82. The van der Waals surface area contributed by atoms with Gasteiger partial charge in [-0.1, -0.05) is 29.8 Å². The van der Waals surface area contributed by atoms with Crippen molar-refractivity contribution in [3.63, 3.8) is 0 Å². The predicted octanol–water partition coefficient (Wildman–Crippen LogP) is 3.76. The van der Waals surface area contributed by atoms with Crippen molar-refractivity contribution < 1.29 is 9.53 Å². The van der Waals surface area contributed by atoms with Gasteiger partial charge in [-0.25, -0.2) is 4.98 Å². The van der Waals surface area contributed by atoms with E-state index in [0.29, 0.717) is 11.6 Å². The molecule has 0 atom stereocenters.